The Labute approximate surface area is 95.6 Å². The smallest absolute Gasteiger partial charge is 0.143 e. The van der Waals surface area contributed by atoms with Gasteiger partial charge in [-0.05, 0) is 24.6 Å². The van der Waals surface area contributed by atoms with E-state index in [1.54, 1.807) is 12.1 Å². The van der Waals surface area contributed by atoms with Gasteiger partial charge in [-0.1, -0.05) is 13.0 Å². The van der Waals surface area contributed by atoms with Gasteiger partial charge in [-0.25, -0.2) is 4.39 Å². The lowest BCUT2D eigenvalue weighted by atomic mass is 10.2. The van der Waals surface area contributed by atoms with Gasteiger partial charge in [-0.2, -0.15) is 5.26 Å². The number of rotatable bonds is 5. The molecule has 0 aromatic heterocycles. The molecule has 16 heavy (non-hydrogen) atoms. The van der Waals surface area contributed by atoms with E-state index < -0.39 is 5.82 Å². The number of anilines is 1. The number of hydrogen-bond donors (Lipinski definition) is 0. The first-order valence-electron chi connectivity index (χ1n) is 5.28. The van der Waals surface area contributed by atoms with Crippen LogP contribution >= 0.6 is 0 Å². The van der Waals surface area contributed by atoms with E-state index in [1.807, 2.05) is 11.0 Å². The highest BCUT2D eigenvalue weighted by molar-refractivity contribution is 5.50. The first kappa shape index (κ1) is 12.3. The SMILES string of the molecule is C=CCN(CCC)c1ccc(C#N)c(F)c1. The van der Waals surface area contributed by atoms with Gasteiger partial charge in [0.1, 0.15) is 11.9 Å². The lowest BCUT2D eigenvalue weighted by Crippen LogP contribution is -2.24. The van der Waals surface area contributed by atoms with Crippen molar-refractivity contribution in [1.29, 1.82) is 5.26 Å². The van der Waals surface area contributed by atoms with Gasteiger partial charge in [0.2, 0.25) is 0 Å². The molecule has 0 atom stereocenters. The topological polar surface area (TPSA) is 27.0 Å². The van der Waals surface area contributed by atoms with Crippen LogP contribution in [0.4, 0.5) is 10.1 Å². The van der Waals surface area contributed by atoms with Crippen LogP contribution in [0.3, 0.4) is 0 Å². The van der Waals surface area contributed by atoms with Crippen LogP contribution in [-0.2, 0) is 0 Å². The molecule has 1 aromatic rings. The Kier molecular flexibility index (Phi) is 4.53. The van der Waals surface area contributed by atoms with Crippen LogP contribution in [0.1, 0.15) is 18.9 Å². The van der Waals surface area contributed by atoms with Crippen molar-refractivity contribution in [3.8, 4) is 6.07 Å². The maximum atomic E-state index is 13.4. The van der Waals surface area contributed by atoms with Crippen LogP contribution in [0, 0.1) is 17.1 Å². The van der Waals surface area contributed by atoms with Crippen LogP contribution in [0.15, 0.2) is 30.9 Å². The van der Waals surface area contributed by atoms with Gasteiger partial charge in [0, 0.05) is 18.8 Å². The molecule has 1 rings (SSSR count). The van der Waals surface area contributed by atoms with Gasteiger partial charge in [0.15, 0.2) is 0 Å². The van der Waals surface area contributed by atoms with E-state index in [-0.39, 0.29) is 5.56 Å². The summed E-state index contributed by atoms with van der Waals surface area (Å²) in [5.41, 5.74) is 0.872. The minimum Gasteiger partial charge on any atom is -0.368 e. The van der Waals surface area contributed by atoms with Gasteiger partial charge in [0.25, 0.3) is 0 Å². The van der Waals surface area contributed by atoms with Crippen molar-refractivity contribution >= 4 is 5.69 Å². The summed E-state index contributed by atoms with van der Waals surface area (Å²) >= 11 is 0. The molecule has 0 heterocycles. The van der Waals surface area contributed by atoms with Crippen LogP contribution in [0.25, 0.3) is 0 Å². The summed E-state index contributed by atoms with van der Waals surface area (Å²) in [7, 11) is 0. The summed E-state index contributed by atoms with van der Waals surface area (Å²) in [5.74, 6) is -0.467. The summed E-state index contributed by atoms with van der Waals surface area (Å²) in [4.78, 5) is 2.03. The van der Waals surface area contributed by atoms with Crippen LogP contribution in [0.2, 0.25) is 0 Å². The van der Waals surface area contributed by atoms with Gasteiger partial charge >= 0.3 is 0 Å². The van der Waals surface area contributed by atoms with Crippen molar-refractivity contribution in [3.05, 3.63) is 42.2 Å². The van der Waals surface area contributed by atoms with E-state index >= 15 is 0 Å². The summed E-state index contributed by atoms with van der Waals surface area (Å²) in [6.07, 6.45) is 2.77. The Morgan fingerprint density at radius 1 is 1.56 bits per heavy atom. The molecule has 0 aliphatic heterocycles. The number of hydrogen-bond acceptors (Lipinski definition) is 2. The second kappa shape index (κ2) is 5.92. The number of halogens is 1. The maximum absolute atomic E-state index is 13.4. The fourth-order valence-electron chi connectivity index (χ4n) is 1.54. The molecule has 0 amide bonds. The first-order chi connectivity index (χ1) is 7.72. The molecule has 0 spiro atoms. The lowest BCUT2D eigenvalue weighted by Gasteiger charge is -2.22. The van der Waals surface area contributed by atoms with E-state index in [0.717, 1.165) is 18.7 Å². The highest BCUT2D eigenvalue weighted by Crippen LogP contribution is 2.18. The van der Waals surface area contributed by atoms with Gasteiger partial charge in [0.05, 0.1) is 5.56 Å². The number of benzene rings is 1. The molecule has 0 N–H and O–H groups in total. The van der Waals surface area contributed by atoms with Crippen molar-refractivity contribution in [2.75, 3.05) is 18.0 Å². The second-order valence-corrected chi connectivity index (χ2v) is 3.51. The molecule has 84 valence electrons. The highest BCUT2D eigenvalue weighted by atomic mass is 19.1. The fourth-order valence-corrected chi connectivity index (χ4v) is 1.54. The molecule has 0 aliphatic carbocycles. The third kappa shape index (κ3) is 2.83. The molecule has 0 saturated carbocycles. The summed E-state index contributed by atoms with van der Waals surface area (Å²) in [6.45, 7) is 7.27. The molecule has 0 fully saturated rings. The predicted octanol–water partition coefficient (Wildman–Crippen LogP) is 3.10. The zero-order valence-corrected chi connectivity index (χ0v) is 9.41. The van der Waals surface area contributed by atoms with Crippen molar-refractivity contribution < 1.29 is 4.39 Å². The Bertz CT molecular complexity index is 407. The second-order valence-electron chi connectivity index (χ2n) is 3.51. The molecule has 3 heteroatoms. The number of nitriles is 1. The van der Waals surface area contributed by atoms with Crippen molar-refractivity contribution in [2.24, 2.45) is 0 Å². The van der Waals surface area contributed by atoms with E-state index in [4.69, 9.17) is 5.26 Å². The van der Waals surface area contributed by atoms with Crippen LogP contribution in [-0.4, -0.2) is 13.1 Å². The van der Waals surface area contributed by atoms with Gasteiger partial charge in [-0.15, -0.1) is 6.58 Å². The molecule has 0 aliphatic rings. The van der Waals surface area contributed by atoms with Crippen LogP contribution < -0.4 is 4.90 Å². The molecule has 0 bridgehead atoms. The van der Waals surface area contributed by atoms with Crippen molar-refractivity contribution in [1.82, 2.24) is 0 Å². The molecular weight excluding hydrogens is 203 g/mol. The highest BCUT2D eigenvalue weighted by Gasteiger charge is 2.07. The van der Waals surface area contributed by atoms with Crippen molar-refractivity contribution in [3.63, 3.8) is 0 Å². The van der Waals surface area contributed by atoms with E-state index in [9.17, 15) is 4.39 Å². The third-order valence-corrected chi connectivity index (χ3v) is 2.28. The van der Waals surface area contributed by atoms with E-state index in [2.05, 4.69) is 13.5 Å². The van der Waals surface area contributed by atoms with Crippen molar-refractivity contribution in [2.45, 2.75) is 13.3 Å². The number of nitrogens with zero attached hydrogens (tertiary/aromatic N) is 2. The zero-order valence-electron chi connectivity index (χ0n) is 9.41. The molecule has 0 saturated heterocycles. The molecular formula is C13H15FN2. The molecule has 1 aromatic carbocycles. The monoisotopic (exact) mass is 218 g/mol. The average Bonchev–Trinajstić information content (AvgIpc) is 2.28. The minimum atomic E-state index is -0.467. The molecule has 2 nitrogen and oxygen atoms in total. The van der Waals surface area contributed by atoms with Gasteiger partial charge in [-0.3, -0.25) is 0 Å². The summed E-state index contributed by atoms with van der Waals surface area (Å²) in [5, 5.41) is 8.63. The zero-order chi connectivity index (χ0) is 12.0. The Balaban J connectivity index is 2.97. The van der Waals surface area contributed by atoms with Crippen LogP contribution in [0.5, 0.6) is 0 Å². The molecule has 0 unspecified atom stereocenters. The largest absolute Gasteiger partial charge is 0.368 e. The average molecular weight is 218 g/mol. The summed E-state index contributed by atoms with van der Waals surface area (Å²) in [6, 6.07) is 6.49. The minimum absolute atomic E-state index is 0.0822. The Hall–Kier alpha value is -1.82. The third-order valence-electron chi connectivity index (χ3n) is 2.28. The molecule has 0 radical (unpaired) electrons. The lowest BCUT2D eigenvalue weighted by molar-refractivity contribution is 0.622. The summed E-state index contributed by atoms with van der Waals surface area (Å²) < 4.78 is 13.4. The van der Waals surface area contributed by atoms with Gasteiger partial charge < -0.3 is 4.90 Å². The first-order valence-corrected chi connectivity index (χ1v) is 5.28. The normalized spacial score (nSPS) is 9.56. The Morgan fingerprint density at radius 3 is 2.81 bits per heavy atom. The Morgan fingerprint density at radius 2 is 2.31 bits per heavy atom. The standard InChI is InChI=1S/C13H15FN2/c1-3-7-16(8-4-2)12-6-5-11(10-15)13(14)9-12/h3,5-6,9H,1,4,7-8H2,2H3. The van der Waals surface area contributed by atoms with E-state index in [0.29, 0.717) is 6.54 Å². The maximum Gasteiger partial charge on any atom is 0.143 e. The fraction of sp³-hybridized carbons (Fsp3) is 0.308. The predicted molar refractivity (Wildman–Crippen MR) is 63.8 cm³/mol. The quantitative estimate of drug-likeness (QED) is 0.710. The van der Waals surface area contributed by atoms with E-state index in [1.165, 1.54) is 12.1 Å².